The van der Waals surface area contributed by atoms with Crippen LogP contribution in [0.4, 0.5) is 5.69 Å². The van der Waals surface area contributed by atoms with E-state index in [4.69, 9.17) is 0 Å². The van der Waals surface area contributed by atoms with Crippen LogP contribution in [0.2, 0.25) is 0 Å². The number of carbonyl (C=O) groups is 1. The Kier molecular flexibility index (Phi) is 4.27. The first-order valence-electron chi connectivity index (χ1n) is 7.04. The highest BCUT2D eigenvalue weighted by Crippen LogP contribution is 2.37. The van der Waals surface area contributed by atoms with Gasteiger partial charge in [-0.3, -0.25) is 14.9 Å². The molecular weight excluding hydrogens is 272 g/mol. The summed E-state index contributed by atoms with van der Waals surface area (Å²) in [5.41, 5.74) is 0.602. The van der Waals surface area contributed by atoms with E-state index in [1.165, 1.54) is 12.1 Å². The third-order valence-electron chi connectivity index (χ3n) is 4.43. The highest BCUT2D eigenvalue weighted by atomic mass is 16.6. The topological polar surface area (TPSA) is 92.5 Å². The molecule has 6 heteroatoms. The first-order chi connectivity index (χ1) is 9.87. The zero-order chi connectivity index (χ0) is 15.6. The van der Waals surface area contributed by atoms with Gasteiger partial charge in [0.15, 0.2) is 0 Å². The molecule has 0 spiro atoms. The highest BCUT2D eigenvalue weighted by molar-refractivity contribution is 5.96. The Balaban J connectivity index is 2.21. The zero-order valence-electron chi connectivity index (χ0n) is 12.3. The van der Waals surface area contributed by atoms with Crippen LogP contribution >= 0.6 is 0 Å². The summed E-state index contributed by atoms with van der Waals surface area (Å²) in [5, 5.41) is 23.3. The third-order valence-corrected chi connectivity index (χ3v) is 4.43. The molecule has 0 radical (unpaired) electrons. The van der Waals surface area contributed by atoms with E-state index in [2.05, 4.69) is 5.32 Å². The van der Waals surface area contributed by atoms with Gasteiger partial charge in [0.1, 0.15) is 0 Å². The Bertz CT molecular complexity index is 573. The van der Waals surface area contributed by atoms with Crippen molar-refractivity contribution in [1.82, 2.24) is 5.32 Å². The molecule has 2 atom stereocenters. The molecule has 1 saturated carbocycles. The van der Waals surface area contributed by atoms with E-state index in [0.717, 1.165) is 19.3 Å². The molecule has 2 N–H and O–H groups in total. The van der Waals surface area contributed by atoms with Crippen LogP contribution in [0.25, 0.3) is 0 Å². The summed E-state index contributed by atoms with van der Waals surface area (Å²) in [7, 11) is 0. The van der Waals surface area contributed by atoms with Crippen molar-refractivity contribution in [2.45, 2.75) is 39.2 Å². The van der Waals surface area contributed by atoms with Crippen molar-refractivity contribution in [2.24, 2.45) is 5.41 Å². The molecule has 2 rings (SSSR count). The average molecular weight is 292 g/mol. The predicted octanol–water partition coefficient (Wildman–Crippen LogP) is 2.18. The van der Waals surface area contributed by atoms with Crippen LogP contribution in [0.15, 0.2) is 18.2 Å². The number of hydrogen-bond donors (Lipinski definition) is 2. The Hall–Kier alpha value is -1.95. The Morgan fingerprint density at radius 2 is 2.29 bits per heavy atom. The second-order valence-corrected chi connectivity index (χ2v) is 5.99. The minimum absolute atomic E-state index is 0.0197. The Labute approximate surface area is 123 Å². The molecule has 0 aromatic heterocycles. The molecule has 1 amide bonds. The van der Waals surface area contributed by atoms with Gasteiger partial charge in [-0.15, -0.1) is 0 Å². The quantitative estimate of drug-likeness (QED) is 0.657. The molecule has 0 saturated heterocycles. The number of carbonyl (C=O) groups excluding carboxylic acids is 1. The van der Waals surface area contributed by atoms with Crippen molar-refractivity contribution in [3.8, 4) is 0 Å². The summed E-state index contributed by atoms with van der Waals surface area (Å²) in [5.74, 6) is -0.317. The van der Waals surface area contributed by atoms with E-state index in [1.54, 1.807) is 13.0 Å². The number of amides is 1. The fourth-order valence-electron chi connectivity index (χ4n) is 2.87. The summed E-state index contributed by atoms with van der Waals surface area (Å²) in [6.07, 6.45) is 2.63. The van der Waals surface area contributed by atoms with E-state index in [1.807, 2.05) is 6.92 Å². The number of aryl methyl sites for hydroxylation is 1. The largest absolute Gasteiger partial charge is 0.396 e. The third kappa shape index (κ3) is 3.05. The summed E-state index contributed by atoms with van der Waals surface area (Å²) in [6, 6.07) is 4.16. The zero-order valence-corrected chi connectivity index (χ0v) is 12.3. The fourth-order valence-corrected chi connectivity index (χ4v) is 2.87. The number of nitrogens with zero attached hydrogens (tertiary/aromatic N) is 1. The average Bonchev–Trinajstić information content (AvgIpc) is 2.81. The van der Waals surface area contributed by atoms with Gasteiger partial charge < -0.3 is 10.4 Å². The van der Waals surface area contributed by atoms with Crippen LogP contribution in [0.5, 0.6) is 0 Å². The number of hydrogen-bond acceptors (Lipinski definition) is 4. The number of nitro groups is 1. The monoisotopic (exact) mass is 292 g/mol. The maximum Gasteiger partial charge on any atom is 0.270 e. The number of benzene rings is 1. The smallest absolute Gasteiger partial charge is 0.270 e. The number of nitro benzene ring substituents is 1. The fraction of sp³-hybridized carbons (Fsp3) is 0.533. The first kappa shape index (κ1) is 15.4. The minimum atomic E-state index is -0.510. The normalized spacial score (nSPS) is 24.8. The second kappa shape index (κ2) is 5.81. The second-order valence-electron chi connectivity index (χ2n) is 5.99. The molecule has 21 heavy (non-hydrogen) atoms. The summed E-state index contributed by atoms with van der Waals surface area (Å²) < 4.78 is 0. The van der Waals surface area contributed by atoms with Crippen LogP contribution in [0, 0.1) is 22.5 Å². The van der Waals surface area contributed by atoms with Gasteiger partial charge in [-0.25, -0.2) is 0 Å². The van der Waals surface area contributed by atoms with Gasteiger partial charge in [-0.2, -0.15) is 0 Å². The summed E-state index contributed by atoms with van der Waals surface area (Å²) >= 11 is 0. The summed E-state index contributed by atoms with van der Waals surface area (Å²) in [6.45, 7) is 3.72. The Morgan fingerprint density at radius 3 is 2.90 bits per heavy atom. The molecule has 6 nitrogen and oxygen atoms in total. The number of nitrogens with one attached hydrogen (secondary N) is 1. The standard InChI is InChI=1S/C15H20N2O4/c1-10-5-6-11(17(20)21)8-12(10)14(19)16-13-4-3-7-15(13,2)9-18/h5-6,8,13,18H,3-4,7,9H2,1-2H3,(H,16,19). The van der Waals surface area contributed by atoms with Gasteiger partial charge in [-0.1, -0.05) is 19.4 Å². The molecule has 0 heterocycles. The minimum Gasteiger partial charge on any atom is -0.396 e. The van der Waals surface area contributed by atoms with Crippen molar-refractivity contribution in [3.63, 3.8) is 0 Å². The predicted molar refractivity (Wildman–Crippen MR) is 78.1 cm³/mol. The maximum absolute atomic E-state index is 12.4. The van der Waals surface area contributed by atoms with Gasteiger partial charge in [0, 0.05) is 29.2 Å². The van der Waals surface area contributed by atoms with Crippen molar-refractivity contribution < 1.29 is 14.8 Å². The number of aliphatic hydroxyl groups is 1. The van der Waals surface area contributed by atoms with E-state index in [9.17, 15) is 20.0 Å². The van der Waals surface area contributed by atoms with Gasteiger partial charge in [0.05, 0.1) is 11.5 Å². The number of non-ortho nitro benzene ring substituents is 1. The molecule has 0 bridgehead atoms. The number of aliphatic hydroxyl groups excluding tert-OH is 1. The lowest BCUT2D eigenvalue weighted by atomic mass is 9.85. The van der Waals surface area contributed by atoms with Crippen LogP contribution in [0.3, 0.4) is 0 Å². The van der Waals surface area contributed by atoms with E-state index in [-0.39, 0.29) is 29.7 Å². The number of rotatable bonds is 4. The van der Waals surface area contributed by atoms with Crippen molar-refractivity contribution in [1.29, 1.82) is 0 Å². The lowest BCUT2D eigenvalue weighted by Crippen LogP contribution is -2.44. The summed E-state index contributed by atoms with van der Waals surface area (Å²) in [4.78, 5) is 22.7. The van der Waals surface area contributed by atoms with Crippen LogP contribution in [-0.4, -0.2) is 28.6 Å². The van der Waals surface area contributed by atoms with Gasteiger partial charge in [0.2, 0.25) is 0 Å². The van der Waals surface area contributed by atoms with Crippen molar-refractivity contribution in [2.75, 3.05) is 6.61 Å². The SMILES string of the molecule is Cc1ccc([N+](=O)[O-])cc1C(=O)NC1CCCC1(C)CO. The van der Waals surface area contributed by atoms with E-state index >= 15 is 0 Å². The molecule has 1 aliphatic rings. The van der Waals surface area contributed by atoms with Crippen molar-refractivity contribution >= 4 is 11.6 Å². The lowest BCUT2D eigenvalue weighted by Gasteiger charge is -2.30. The van der Waals surface area contributed by atoms with Crippen LogP contribution in [0.1, 0.15) is 42.1 Å². The van der Waals surface area contributed by atoms with Crippen molar-refractivity contribution in [3.05, 3.63) is 39.4 Å². The molecule has 0 aliphatic heterocycles. The molecular formula is C15H20N2O4. The van der Waals surface area contributed by atoms with E-state index in [0.29, 0.717) is 11.1 Å². The lowest BCUT2D eigenvalue weighted by molar-refractivity contribution is -0.384. The molecule has 1 aromatic rings. The van der Waals surface area contributed by atoms with Crippen LogP contribution < -0.4 is 5.32 Å². The molecule has 1 fully saturated rings. The molecule has 1 aromatic carbocycles. The molecule has 2 unspecified atom stereocenters. The van der Waals surface area contributed by atoms with Gasteiger partial charge >= 0.3 is 0 Å². The molecule has 1 aliphatic carbocycles. The van der Waals surface area contributed by atoms with E-state index < -0.39 is 4.92 Å². The van der Waals surface area contributed by atoms with Crippen LogP contribution in [-0.2, 0) is 0 Å². The van der Waals surface area contributed by atoms with Gasteiger partial charge in [0.25, 0.3) is 11.6 Å². The first-order valence-corrected chi connectivity index (χ1v) is 7.04. The highest BCUT2D eigenvalue weighted by Gasteiger charge is 2.39. The molecule has 114 valence electrons. The maximum atomic E-state index is 12.4. The Morgan fingerprint density at radius 1 is 1.57 bits per heavy atom. The van der Waals surface area contributed by atoms with Gasteiger partial charge in [-0.05, 0) is 25.3 Å².